The molecule has 7 N–H and O–H groups in total. The van der Waals surface area contributed by atoms with Gasteiger partial charge in [0.2, 0.25) is 17.7 Å². The van der Waals surface area contributed by atoms with Crippen LogP contribution >= 0.6 is 0 Å². The highest BCUT2D eigenvalue weighted by Gasteiger charge is 2.04. The van der Waals surface area contributed by atoms with Crippen LogP contribution in [0, 0.1) is 0 Å². The molecule has 0 spiro atoms. The molecule has 0 rings (SSSR count). The highest BCUT2D eigenvalue weighted by atomic mass is 16.5. The van der Waals surface area contributed by atoms with E-state index in [0.29, 0.717) is 65.5 Å². The zero-order valence-electron chi connectivity index (χ0n) is 21.9. The number of rotatable bonds is 23. The maximum atomic E-state index is 11.6. The summed E-state index contributed by atoms with van der Waals surface area (Å²) < 4.78 is 21.1. The number of nitrogens with two attached hydrogens (primary N) is 1. The van der Waals surface area contributed by atoms with Crippen molar-refractivity contribution in [2.75, 3.05) is 79.3 Å². The lowest BCUT2D eigenvalue weighted by atomic mass is 10.2. The Balaban J connectivity index is 0. The van der Waals surface area contributed by atoms with Crippen LogP contribution in [0.25, 0.3) is 0 Å². The number of nitrogens with one attached hydrogen (secondary N) is 3. The third kappa shape index (κ3) is 32.1. The number of carbonyl (C=O) groups is 3. The molecule has 13 nitrogen and oxygen atoms in total. The Morgan fingerprint density at radius 1 is 0.722 bits per heavy atom. The summed E-state index contributed by atoms with van der Waals surface area (Å²) in [6.45, 7) is 6.66. The molecule has 214 valence electrons. The SMILES string of the molecule is CCCCCNC(=O)COCCOCCNC(=O)COCCOCCNC(=O)CC[C@@H](C)N.OCO. The third-order valence-corrected chi connectivity index (χ3v) is 4.28. The van der Waals surface area contributed by atoms with Crippen LogP contribution in [0.4, 0.5) is 0 Å². The van der Waals surface area contributed by atoms with E-state index < -0.39 is 6.79 Å². The molecule has 0 fully saturated rings. The van der Waals surface area contributed by atoms with Crippen molar-refractivity contribution < 1.29 is 43.5 Å². The van der Waals surface area contributed by atoms with Gasteiger partial charge in [-0.1, -0.05) is 19.8 Å². The van der Waals surface area contributed by atoms with Crippen molar-refractivity contribution in [3.8, 4) is 0 Å². The van der Waals surface area contributed by atoms with E-state index in [-0.39, 0.29) is 43.6 Å². The van der Waals surface area contributed by atoms with E-state index in [1.807, 2.05) is 6.92 Å². The summed E-state index contributed by atoms with van der Waals surface area (Å²) in [5, 5.41) is 22.5. The number of carbonyl (C=O) groups excluding carboxylic acids is 3. The van der Waals surface area contributed by atoms with E-state index in [0.717, 1.165) is 19.3 Å². The Hall–Kier alpha value is -1.87. The summed E-state index contributed by atoms with van der Waals surface area (Å²) in [7, 11) is 0. The van der Waals surface area contributed by atoms with E-state index in [1.165, 1.54) is 0 Å². The predicted molar refractivity (Wildman–Crippen MR) is 134 cm³/mol. The first-order valence-corrected chi connectivity index (χ1v) is 12.5. The first-order valence-electron chi connectivity index (χ1n) is 12.5. The lowest BCUT2D eigenvalue weighted by Crippen LogP contribution is -2.32. The number of amides is 3. The van der Waals surface area contributed by atoms with Crippen LogP contribution in [-0.2, 0) is 33.3 Å². The van der Waals surface area contributed by atoms with E-state index in [4.69, 9.17) is 34.9 Å². The van der Waals surface area contributed by atoms with Gasteiger partial charge in [0.05, 0.1) is 39.6 Å². The molecule has 0 aromatic carbocycles. The zero-order valence-corrected chi connectivity index (χ0v) is 21.9. The van der Waals surface area contributed by atoms with Crippen LogP contribution in [0.3, 0.4) is 0 Å². The quantitative estimate of drug-likeness (QED) is 0.0688. The maximum absolute atomic E-state index is 11.6. The molecule has 0 bridgehead atoms. The topological polar surface area (TPSA) is 191 Å². The average molecular weight is 525 g/mol. The molecule has 13 heteroatoms. The molecular formula is C23H48N4O9. The molecule has 0 aromatic heterocycles. The van der Waals surface area contributed by atoms with Crippen LogP contribution in [-0.4, -0.2) is 113 Å². The zero-order chi connectivity index (χ0) is 27.3. The van der Waals surface area contributed by atoms with E-state index in [1.54, 1.807) is 0 Å². The second-order valence-electron chi connectivity index (χ2n) is 7.74. The molecule has 36 heavy (non-hydrogen) atoms. The van der Waals surface area contributed by atoms with Gasteiger partial charge in [-0.15, -0.1) is 0 Å². The first-order chi connectivity index (χ1) is 17.4. The van der Waals surface area contributed by atoms with Crippen molar-refractivity contribution in [1.29, 1.82) is 0 Å². The lowest BCUT2D eigenvalue weighted by molar-refractivity contribution is -0.127. The van der Waals surface area contributed by atoms with Gasteiger partial charge in [0, 0.05) is 32.1 Å². The van der Waals surface area contributed by atoms with Crippen LogP contribution in [0.2, 0.25) is 0 Å². The molecular weight excluding hydrogens is 476 g/mol. The minimum absolute atomic E-state index is 0.0130. The molecule has 0 aliphatic rings. The Labute approximate surface area is 214 Å². The lowest BCUT2D eigenvalue weighted by Gasteiger charge is -2.09. The van der Waals surface area contributed by atoms with E-state index >= 15 is 0 Å². The largest absolute Gasteiger partial charge is 0.377 e. The molecule has 0 radical (unpaired) electrons. The van der Waals surface area contributed by atoms with Crippen LogP contribution in [0.1, 0.15) is 46.0 Å². The summed E-state index contributed by atoms with van der Waals surface area (Å²) in [6, 6.07) is 0.0130. The molecule has 0 unspecified atom stereocenters. The number of aliphatic hydroxyl groups is 2. The summed E-state index contributed by atoms with van der Waals surface area (Å²) in [5.74, 6) is -0.402. The van der Waals surface area contributed by atoms with Gasteiger partial charge in [-0.05, 0) is 19.8 Å². The van der Waals surface area contributed by atoms with Crippen molar-refractivity contribution >= 4 is 17.7 Å². The molecule has 0 aliphatic heterocycles. The fraction of sp³-hybridized carbons (Fsp3) is 0.870. The van der Waals surface area contributed by atoms with E-state index in [2.05, 4.69) is 22.9 Å². The fourth-order valence-corrected chi connectivity index (χ4v) is 2.45. The molecule has 0 saturated carbocycles. The van der Waals surface area contributed by atoms with Crippen molar-refractivity contribution in [1.82, 2.24) is 16.0 Å². The van der Waals surface area contributed by atoms with Crippen LogP contribution in [0.15, 0.2) is 0 Å². The average Bonchev–Trinajstić information content (AvgIpc) is 2.84. The van der Waals surface area contributed by atoms with Gasteiger partial charge in [0.1, 0.15) is 20.0 Å². The van der Waals surface area contributed by atoms with E-state index in [9.17, 15) is 14.4 Å². The van der Waals surface area contributed by atoms with Gasteiger partial charge in [0.25, 0.3) is 0 Å². The molecule has 0 heterocycles. The van der Waals surface area contributed by atoms with Crippen molar-refractivity contribution in [3.05, 3.63) is 0 Å². The fourth-order valence-electron chi connectivity index (χ4n) is 2.45. The number of ether oxygens (including phenoxy) is 4. The van der Waals surface area contributed by atoms with Crippen LogP contribution < -0.4 is 21.7 Å². The Morgan fingerprint density at radius 2 is 1.17 bits per heavy atom. The summed E-state index contributed by atoms with van der Waals surface area (Å²) in [6.07, 6.45) is 4.26. The van der Waals surface area contributed by atoms with Crippen molar-refractivity contribution in [3.63, 3.8) is 0 Å². The predicted octanol–water partition coefficient (Wildman–Crippen LogP) is -1.35. The van der Waals surface area contributed by atoms with Gasteiger partial charge in [0.15, 0.2) is 0 Å². The summed E-state index contributed by atoms with van der Waals surface area (Å²) in [4.78, 5) is 34.6. The maximum Gasteiger partial charge on any atom is 0.246 e. The monoisotopic (exact) mass is 524 g/mol. The second kappa shape index (κ2) is 29.4. The van der Waals surface area contributed by atoms with Gasteiger partial charge in [-0.3, -0.25) is 14.4 Å². The highest BCUT2D eigenvalue weighted by Crippen LogP contribution is 1.92. The molecule has 1 atom stereocenters. The first kappa shape index (κ1) is 36.3. The molecule has 0 aromatic rings. The molecule has 0 saturated heterocycles. The van der Waals surface area contributed by atoms with Crippen LogP contribution in [0.5, 0.6) is 0 Å². The van der Waals surface area contributed by atoms with Gasteiger partial charge >= 0.3 is 0 Å². The van der Waals surface area contributed by atoms with Crippen molar-refractivity contribution in [2.45, 2.75) is 52.0 Å². The summed E-state index contributed by atoms with van der Waals surface area (Å²) >= 11 is 0. The molecule has 0 aliphatic carbocycles. The third-order valence-electron chi connectivity index (χ3n) is 4.28. The second-order valence-corrected chi connectivity index (χ2v) is 7.74. The standard InChI is InChI=1S/C22H44N4O7.CH4O2/c1-3-4-5-8-24-21(28)17-32-15-14-31-12-10-26-22(29)18-33-16-13-30-11-9-25-20(27)7-6-19(2)23;2-1-3/h19H,3-18,23H2,1-2H3,(H,24,28)(H,25,27)(H,26,29);2-3H,1H2/t19-;/m1./s1. The Kier molecular flexibility index (Phi) is 29.6. The smallest absolute Gasteiger partial charge is 0.246 e. The normalized spacial score (nSPS) is 11.2. The number of aliphatic hydroxyl groups excluding tert-OH is 1. The number of hydrogen-bond acceptors (Lipinski definition) is 10. The van der Waals surface area contributed by atoms with Gasteiger partial charge < -0.3 is 50.8 Å². The molecule has 3 amide bonds. The van der Waals surface area contributed by atoms with Crippen molar-refractivity contribution in [2.24, 2.45) is 5.73 Å². The minimum Gasteiger partial charge on any atom is -0.377 e. The Morgan fingerprint density at radius 3 is 1.64 bits per heavy atom. The highest BCUT2D eigenvalue weighted by molar-refractivity contribution is 5.77. The minimum atomic E-state index is -0.750. The number of unbranched alkanes of at least 4 members (excludes halogenated alkanes) is 2. The van der Waals surface area contributed by atoms with Gasteiger partial charge in [-0.25, -0.2) is 0 Å². The number of hydrogen-bond donors (Lipinski definition) is 6. The van der Waals surface area contributed by atoms with Gasteiger partial charge in [-0.2, -0.15) is 0 Å². The summed E-state index contributed by atoms with van der Waals surface area (Å²) in [5.41, 5.74) is 5.60. The Bertz CT molecular complexity index is 526.